The summed E-state index contributed by atoms with van der Waals surface area (Å²) >= 11 is 5.46. The number of carbonyl (C=O) groups is 1. The topological polar surface area (TPSA) is 256 Å². The van der Waals surface area contributed by atoms with Gasteiger partial charge < -0.3 is 32.1 Å². The maximum atomic E-state index is 11.0. The van der Waals surface area contributed by atoms with Crippen LogP contribution in [0.15, 0.2) is 198 Å². The van der Waals surface area contributed by atoms with Crippen molar-refractivity contribution in [2.45, 2.75) is 115 Å². The number of nitrogen functional groups attached to an aromatic ring is 3. The van der Waals surface area contributed by atoms with E-state index in [1.165, 1.54) is 24.2 Å². The molecule has 11 heterocycles. The number of imidazole rings is 3. The van der Waals surface area contributed by atoms with E-state index in [2.05, 4.69) is 161 Å². The Bertz CT molecular complexity index is 5080. The van der Waals surface area contributed by atoms with Crippen LogP contribution in [0, 0.1) is 0 Å². The van der Waals surface area contributed by atoms with Gasteiger partial charge in [-0.3, -0.25) is 42.8 Å². The van der Waals surface area contributed by atoms with Crippen LogP contribution in [0.5, 0.6) is 0 Å². The molecule has 3 aromatic carbocycles. The quantitative estimate of drug-likeness (QED) is 0.0829. The van der Waals surface area contributed by atoms with Crippen molar-refractivity contribution in [2.24, 2.45) is 15.0 Å². The molecule has 3 saturated carbocycles. The van der Waals surface area contributed by atoms with Gasteiger partial charge >= 0.3 is 0 Å². The molecular formula is C80H83N19O2S3. The Morgan fingerprint density at radius 3 is 1.14 bits per heavy atom. The standard InChI is InChI=1S/C28H29N7OS.C28H31N7S.C24H23N5OS/c29-26-25-24(19-6-7-23-22(16-19)31-28(37-23)18-4-2-1-3-5-18)32-27(35(25)9-8-30-26)20-14-21(15-20)34-12-10-33(17-36)11-13-34;1-33-11-13-34(14-12-33)21-15-20(16-21)27-32-24(25-26(29)30-9-10-35(25)27)19-7-8-23-22(17-19)31-28(36-23)18-5-3-2-4-6-18;1-24(30)12-16(13-24)22-28-19(20-21(25)26-9-10-29(20)22)15-7-8-18-17(11-15)27-23(31-18)14-5-3-2-4-6-14/h1-9,16-17,20-23H,10-15H2,(H2,29,30);2-10,17,20-23H,11-16H2,1H3,(H2,29,30);2-11,16-18,30H,12-13H2,1H3,(H2,25,26). The third kappa shape index (κ3) is 12.7. The molecule has 1 amide bonds. The van der Waals surface area contributed by atoms with Gasteiger partial charge in [0.05, 0.1) is 71.7 Å². The van der Waals surface area contributed by atoms with E-state index in [0.29, 0.717) is 70.0 Å². The molecule has 2 saturated heterocycles. The van der Waals surface area contributed by atoms with Gasteiger partial charge in [-0.25, -0.2) is 29.9 Å². The number of piperazine rings is 2. The number of anilines is 3. The van der Waals surface area contributed by atoms with Gasteiger partial charge in [-0.15, -0.1) is 0 Å². The Kier molecular flexibility index (Phi) is 17.7. The fourth-order valence-electron chi connectivity index (χ4n) is 16.6. The van der Waals surface area contributed by atoms with E-state index in [1.54, 1.807) is 30.4 Å². The minimum atomic E-state index is -0.615. The Morgan fingerprint density at radius 2 is 0.808 bits per heavy atom. The van der Waals surface area contributed by atoms with E-state index in [-0.39, 0.29) is 24.0 Å². The molecule has 11 aliphatic rings. The van der Waals surface area contributed by atoms with Gasteiger partial charge in [0.15, 0.2) is 0 Å². The lowest BCUT2D eigenvalue weighted by molar-refractivity contribution is -0.120. The van der Waals surface area contributed by atoms with E-state index in [4.69, 9.17) is 47.1 Å². The van der Waals surface area contributed by atoms with Gasteiger partial charge in [0, 0.05) is 153 Å². The number of likely N-dealkylation sites (N-methyl/N-ethyl adjacent to an activating group) is 1. The number of aromatic nitrogens is 9. The summed E-state index contributed by atoms with van der Waals surface area (Å²) in [4.78, 5) is 64.1. The van der Waals surface area contributed by atoms with E-state index in [1.807, 2.05) is 88.7 Å². The normalized spacial score (nSPS) is 28.5. The first-order chi connectivity index (χ1) is 50.8. The van der Waals surface area contributed by atoms with Gasteiger partial charge in [-0.1, -0.05) is 163 Å². The number of nitrogens with zero attached hydrogens (tertiary/aromatic N) is 16. The molecule has 0 radical (unpaired) electrons. The van der Waals surface area contributed by atoms with Crippen molar-refractivity contribution in [3.05, 3.63) is 234 Å². The second kappa shape index (κ2) is 27.7. The van der Waals surface area contributed by atoms with Crippen LogP contribution in [-0.4, -0.2) is 200 Å². The Morgan fingerprint density at radius 1 is 0.471 bits per heavy atom. The Hall–Kier alpha value is -9.27. The number of thioether (sulfide) groups is 3. The van der Waals surface area contributed by atoms with Crippen LogP contribution in [-0.2, 0) is 4.79 Å². The lowest BCUT2D eigenvalue weighted by Crippen LogP contribution is -2.53. The summed E-state index contributed by atoms with van der Waals surface area (Å²) in [7, 11) is 2.21. The summed E-state index contributed by atoms with van der Waals surface area (Å²) in [5, 5.41) is 14.4. The summed E-state index contributed by atoms with van der Waals surface area (Å²) in [6.07, 6.45) is 38.0. The van der Waals surface area contributed by atoms with Gasteiger partial charge in [0.1, 0.15) is 51.5 Å². The van der Waals surface area contributed by atoms with Crippen LogP contribution in [0.1, 0.15) is 114 Å². The average molecular weight is 1440 g/mol. The molecule has 5 fully saturated rings. The van der Waals surface area contributed by atoms with Crippen molar-refractivity contribution in [2.75, 3.05) is 76.6 Å². The van der Waals surface area contributed by atoms with Crippen molar-refractivity contribution in [1.82, 2.24) is 62.7 Å². The van der Waals surface area contributed by atoms with E-state index in [9.17, 15) is 9.90 Å². The lowest BCUT2D eigenvalue weighted by Gasteiger charge is -2.45. The van der Waals surface area contributed by atoms with Gasteiger partial charge in [0.2, 0.25) is 6.41 Å². The second-order valence-electron chi connectivity index (χ2n) is 29.4. The number of rotatable bonds is 12. The van der Waals surface area contributed by atoms with Crippen LogP contribution in [0.3, 0.4) is 0 Å². The first-order valence-corrected chi connectivity index (χ1v) is 39.0. The fourth-order valence-corrected chi connectivity index (χ4v) is 20.1. The largest absolute Gasteiger partial charge is 0.390 e. The number of carbonyl (C=O) groups excluding carboxylic acids is 1. The van der Waals surface area contributed by atoms with E-state index in [0.717, 1.165) is 160 Å². The second-order valence-corrected chi connectivity index (χ2v) is 32.9. The van der Waals surface area contributed by atoms with Crippen molar-refractivity contribution in [1.29, 1.82) is 0 Å². The molecule has 0 bridgehead atoms. The fraction of sp³-hybridized carbons (Fsp3) is 0.350. The predicted molar refractivity (Wildman–Crippen MR) is 420 cm³/mol. The summed E-state index contributed by atoms with van der Waals surface area (Å²) in [6.45, 7) is 10.1. The highest BCUT2D eigenvalue weighted by atomic mass is 32.2. The lowest BCUT2D eigenvalue weighted by atomic mass is 9.72. The summed E-state index contributed by atoms with van der Waals surface area (Å²) in [5.41, 5.74) is 30.5. The molecule has 20 rings (SSSR count). The molecule has 9 aromatic rings. The third-order valence-corrected chi connectivity index (χ3v) is 26.3. The smallest absolute Gasteiger partial charge is 0.209 e. The maximum absolute atomic E-state index is 11.0. The van der Waals surface area contributed by atoms with Crippen molar-refractivity contribution in [3.63, 3.8) is 0 Å². The molecule has 528 valence electrons. The molecule has 0 spiro atoms. The minimum absolute atomic E-state index is 0.0720. The third-order valence-electron chi connectivity index (χ3n) is 22.5. The molecule has 6 aliphatic carbocycles. The number of benzene rings is 3. The average Bonchev–Trinajstić information content (AvgIpc) is 1.60. The molecular weight excluding hydrogens is 1360 g/mol. The summed E-state index contributed by atoms with van der Waals surface area (Å²) in [6, 6.07) is 32.6. The van der Waals surface area contributed by atoms with Crippen molar-refractivity contribution < 1.29 is 9.90 Å². The first kappa shape index (κ1) is 66.7. The van der Waals surface area contributed by atoms with Crippen molar-refractivity contribution >= 4 is 108 Å². The number of allylic oxidation sites excluding steroid dienone is 6. The summed E-state index contributed by atoms with van der Waals surface area (Å²) < 4.78 is 6.37. The number of hydrogen-bond acceptors (Lipinski definition) is 20. The van der Waals surface area contributed by atoms with Crippen LogP contribution < -0.4 is 17.2 Å². The zero-order chi connectivity index (χ0) is 70.3. The first-order valence-electron chi connectivity index (χ1n) is 36.4. The molecule has 24 heteroatoms. The molecule has 5 aliphatic heterocycles. The number of fused-ring (bicyclic) bond motifs is 6. The van der Waals surface area contributed by atoms with Gasteiger partial charge in [0.25, 0.3) is 0 Å². The van der Waals surface area contributed by atoms with Gasteiger partial charge in [-0.2, -0.15) is 0 Å². The number of aliphatic hydroxyl groups is 1. The van der Waals surface area contributed by atoms with E-state index < -0.39 is 5.60 Å². The van der Waals surface area contributed by atoms with Crippen molar-refractivity contribution in [3.8, 4) is 0 Å². The van der Waals surface area contributed by atoms with Crippen LogP contribution in [0.4, 0.5) is 17.5 Å². The van der Waals surface area contributed by atoms with Gasteiger partial charge in [-0.05, 0) is 70.7 Å². The predicted octanol–water partition coefficient (Wildman–Crippen LogP) is 10.7. The number of aliphatic imine (C=N–C) groups is 3. The Balaban J connectivity index is 0.000000112. The highest BCUT2D eigenvalue weighted by molar-refractivity contribution is 8.16. The number of nitrogens with two attached hydrogens (primary N) is 3. The molecule has 7 N–H and O–H groups in total. The van der Waals surface area contributed by atoms with E-state index >= 15 is 0 Å². The molecule has 6 aromatic heterocycles. The van der Waals surface area contributed by atoms with Crippen LogP contribution in [0.2, 0.25) is 0 Å². The summed E-state index contributed by atoms with van der Waals surface area (Å²) in [5.74, 6) is 5.66. The highest BCUT2D eigenvalue weighted by Gasteiger charge is 2.44. The maximum Gasteiger partial charge on any atom is 0.209 e. The number of hydrogen-bond donors (Lipinski definition) is 4. The molecule has 104 heavy (non-hydrogen) atoms. The molecule has 21 nitrogen and oxygen atoms in total. The molecule has 6 unspecified atom stereocenters. The molecule has 6 atom stereocenters. The Labute approximate surface area is 616 Å². The minimum Gasteiger partial charge on any atom is -0.390 e. The van der Waals surface area contributed by atoms with Crippen LogP contribution >= 0.6 is 35.3 Å². The zero-order valence-electron chi connectivity index (χ0n) is 58.1. The SMILES string of the molecule is CC1(O)CC(c2nc(C3=CC4N=C(c5ccccc5)SC4C=C3)c3c(N)nccn23)C1.CN1CCN(C2CC(c3nc(C4=CC5N=C(c6ccccc6)SC5C=C4)c4c(N)nccn34)C2)CC1.Nc1nccn2c(C3CC(N4CCN(C=O)CC4)C3)nc(C3=CC4N=C(c5ccccc5)SC4C=C3)c12. The highest BCUT2D eigenvalue weighted by Crippen LogP contribution is 2.48. The monoisotopic (exact) mass is 1440 g/mol. The zero-order valence-corrected chi connectivity index (χ0v) is 60.6. The van der Waals surface area contributed by atoms with Crippen LogP contribution in [0.25, 0.3) is 33.3 Å². The number of amides is 1.